The number of carbonyl (C=O) groups is 4. The summed E-state index contributed by atoms with van der Waals surface area (Å²) in [4.78, 5) is 48.9. The van der Waals surface area contributed by atoms with E-state index in [0.29, 0.717) is 25.8 Å². The number of aliphatic hydroxyl groups excluding tert-OH is 1. The third kappa shape index (κ3) is 3.69. The highest BCUT2D eigenvalue weighted by Gasteiger charge is 2.39. The maximum atomic E-state index is 12.5. The fourth-order valence-electron chi connectivity index (χ4n) is 3.37. The summed E-state index contributed by atoms with van der Waals surface area (Å²) in [5.41, 5.74) is 5.28. The lowest BCUT2D eigenvalue weighted by Crippen LogP contribution is -2.55. The van der Waals surface area contributed by atoms with Gasteiger partial charge in [0.15, 0.2) is 0 Å². The summed E-state index contributed by atoms with van der Waals surface area (Å²) < 4.78 is 0. The Balaban J connectivity index is 2.02. The van der Waals surface area contributed by atoms with Gasteiger partial charge in [-0.2, -0.15) is 0 Å². The van der Waals surface area contributed by atoms with E-state index in [-0.39, 0.29) is 18.1 Å². The van der Waals surface area contributed by atoms with Crippen LogP contribution in [0.4, 0.5) is 0 Å². The molecule has 2 fully saturated rings. The predicted octanol–water partition coefficient (Wildman–Crippen LogP) is -1.44. The normalized spacial score (nSPS) is 28.7. The largest absolute Gasteiger partial charge is 0.394 e. The Labute approximate surface area is 134 Å². The van der Waals surface area contributed by atoms with Crippen LogP contribution in [0.15, 0.2) is 0 Å². The minimum absolute atomic E-state index is 0.0258. The zero-order chi connectivity index (χ0) is 17.1. The van der Waals surface area contributed by atoms with Gasteiger partial charge in [0.25, 0.3) is 0 Å². The molecular formula is C15H23N3O5. The van der Waals surface area contributed by atoms with Crippen LogP contribution in [0, 0.1) is 11.8 Å². The fraction of sp³-hybridized carbons (Fsp3) is 0.733. The highest BCUT2D eigenvalue weighted by Crippen LogP contribution is 2.29. The molecule has 1 heterocycles. The molecule has 0 spiro atoms. The molecule has 0 radical (unpaired) electrons. The molecule has 128 valence electrons. The van der Waals surface area contributed by atoms with E-state index in [1.54, 1.807) is 0 Å². The van der Waals surface area contributed by atoms with E-state index in [9.17, 15) is 24.3 Å². The van der Waals surface area contributed by atoms with Crippen LogP contribution in [0.25, 0.3) is 0 Å². The molecule has 8 heteroatoms. The van der Waals surface area contributed by atoms with Crippen LogP contribution in [0.5, 0.6) is 0 Å². The maximum Gasteiger partial charge on any atom is 0.248 e. The zero-order valence-electron chi connectivity index (χ0n) is 13.2. The number of ketones is 1. The van der Waals surface area contributed by atoms with Gasteiger partial charge in [0, 0.05) is 25.3 Å². The van der Waals surface area contributed by atoms with E-state index < -0.39 is 42.3 Å². The predicted molar refractivity (Wildman–Crippen MR) is 79.8 cm³/mol. The van der Waals surface area contributed by atoms with Crippen LogP contribution in [-0.2, 0) is 19.2 Å². The molecule has 2 aliphatic rings. The van der Waals surface area contributed by atoms with Crippen molar-refractivity contribution in [2.45, 2.75) is 44.7 Å². The van der Waals surface area contributed by atoms with Crippen molar-refractivity contribution in [3.63, 3.8) is 0 Å². The third-order valence-corrected chi connectivity index (χ3v) is 4.68. The Morgan fingerprint density at radius 1 is 1.39 bits per heavy atom. The lowest BCUT2D eigenvalue weighted by atomic mass is 9.97. The molecule has 0 aromatic rings. The summed E-state index contributed by atoms with van der Waals surface area (Å²) in [6, 6.07) is -1.81. The first-order chi connectivity index (χ1) is 10.8. The van der Waals surface area contributed by atoms with Crippen molar-refractivity contribution in [1.29, 1.82) is 0 Å². The van der Waals surface area contributed by atoms with Crippen molar-refractivity contribution < 1.29 is 24.3 Å². The number of primary amides is 1. The van der Waals surface area contributed by atoms with Crippen molar-refractivity contribution >= 4 is 23.5 Å². The summed E-state index contributed by atoms with van der Waals surface area (Å²) in [5.74, 6) is -2.05. The average molecular weight is 325 g/mol. The molecule has 1 aliphatic carbocycles. The van der Waals surface area contributed by atoms with Gasteiger partial charge in [0.1, 0.15) is 17.9 Å². The smallest absolute Gasteiger partial charge is 0.248 e. The number of likely N-dealkylation sites (tertiary alicyclic amines) is 1. The quantitative estimate of drug-likeness (QED) is 0.570. The minimum atomic E-state index is -1.12. The number of Topliss-reactive ketones (excluding diaryl/α,β-unsaturated/α-hetero) is 1. The summed E-state index contributed by atoms with van der Waals surface area (Å²) in [6.07, 6.45) is 1.65. The second-order valence-corrected chi connectivity index (χ2v) is 6.37. The monoisotopic (exact) mass is 325 g/mol. The summed E-state index contributed by atoms with van der Waals surface area (Å²) >= 11 is 0. The van der Waals surface area contributed by atoms with Gasteiger partial charge in [0.05, 0.1) is 6.61 Å². The van der Waals surface area contributed by atoms with Gasteiger partial charge < -0.3 is 21.1 Å². The van der Waals surface area contributed by atoms with Gasteiger partial charge in [-0.15, -0.1) is 0 Å². The third-order valence-electron chi connectivity index (χ3n) is 4.68. The molecule has 0 aromatic carbocycles. The Bertz CT molecular complexity index is 521. The van der Waals surface area contributed by atoms with Gasteiger partial charge in [-0.05, 0) is 18.8 Å². The Hall–Kier alpha value is -1.96. The highest BCUT2D eigenvalue weighted by molar-refractivity contribution is 5.95. The topological polar surface area (TPSA) is 130 Å². The number of rotatable bonds is 5. The number of hydrogen-bond donors (Lipinski definition) is 3. The molecule has 4 N–H and O–H groups in total. The molecule has 0 aromatic heterocycles. The molecular weight excluding hydrogens is 302 g/mol. The molecule has 23 heavy (non-hydrogen) atoms. The summed E-state index contributed by atoms with van der Waals surface area (Å²) in [7, 11) is 0. The van der Waals surface area contributed by atoms with E-state index in [4.69, 9.17) is 5.73 Å². The van der Waals surface area contributed by atoms with Gasteiger partial charge >= 0.3 is 0 Å². The minimum Gasteiger partial charge on any atom is -0.394 e. The lowest BCUT2D eigenvalue weighted by Gasteiger charge is -2.27. The highest BCUT2D eigenvalue weighted by atomic mass is 16.3. The SMILES string of the molecule is CC1CC(=O)CC1C(=O)N[C@@H](CO)C(=O)N1CCC[C@H]1C(N)=O. The summed E-state index contributed by atoms with van der Waals surface area (Å²) in [6.45, 7) is 1.62. The van der Waals surface area contributed by atoms with E-state index in [0.717, 1.165) is 0 Å². The van der Waals surface area contributed by atoms with Crippen LogP contribution in [0.3, 0.4) is 0 Å². The number of carbonyl (C=O) groups excluding carboxylic acids is 4. The zero-order valence-corrected chi connectivity index (χ0v) is 13.2. The van der Waals surface area contributed by atoms with Crippen LogP contribution in [0.1, 0.15) is 32.6 Å². The van der Waals surface area contributed by atoms with Crippen molar-refractivity contribution in [2.75, 3.05) is 13.2 Å². The Morgan fingerprint density at radius 3 is 2.61 bits per heavy atom. The first-order valence-corrected chi connectivity index (χ1v) is 7.87. The van der Waals surface area contributed by atoms with Gasteiger partial charge in [0.2, 0.25) is 17.7 Å². The molecule has 2 unspecified atom stereocenters. The number of amides is 3. The van der Waals surface area contributed by atoms with Crippen molar-refractivity contribution in [2.24, 2.45) is 17.6 Å². The molecule has 1 aliphatic heterocycles. The van der Waals surface area contributed by atoms with E-state index in [1.165, 1.54) is 4.90 Å². The number of nitrogens with two attached hydrogens (primary N) is 1. The van der Waals surface area contributed by atoms with E-state index >= 15 is 0 Å². The second-order valence-electron chi connectivity index (χ2n) is 6.37. The average Bonchev–Trinajstić information content (AvgIpc) is 3.10. The molecule has 8 nitrogen and oxygen atoms in total. The Kier molecular flexibility index (Phi) is 5.35. The first kappa shape index (κ1) is 17.4. The van der Waals surface area contributed by atoms with Crippen LogP contribution < -0.4 is 11.1 Å². The van der Waals surface area contributed by atoms with Gasteiger partial charge in [-0.3, -0.25) is 19.2 Å². The number of aliphatic hydroxyl groups is 1. The Morgan fingerprint density at radius 2 is 2.09 bits per heavy atom. The van der Waals surface area contributed by atoms with Gasteiger partial charge in [-0.25, -0.2) is 0 Å². The first-order valence-electron chi connectivity index (χ1n) is 7.87. The second kappa shape index (κ2) is 7.08. The standard InChI is InChI=1S/C15H23N3O5/c1-8-5-9(20)6-10(8)14(22)17-11(7-19)15(23)18-4-2-3-12(18)13(16)21/h8,10-12,19H,2-7H2,1H3,(H2,16,21)(H,17,22)/t8?,10?,11-,12-/m0/s1. The van der Waals surface area contributed by atoms with Crippen molar-refractivity contribution in [3.8, 4) is 0 Å². The molecule has 2 rings (SSSR count). The van der Waals surface area contributed by atoms with E-state index in [1.807, 2.05) is 6.92 Å². The molecule has 3 amide bonds. The fourth-order valence-corrected chi connectivity index (χ4v) is 3.37. The number of nitrogens with zero attached hydrogens (tertiary/aromatic N) is 1. The number of hydrogen-bond acceptors (Lipinski definition) is 5. The molecule has 1 saturated carbocycles. The van der Waals surface area contributed by atoms with Crippen LogP contribution >= 0.6 is 0 Å². The van der Waals surface area contributed by atoms with Crippen LogP contribution in [0.2, 0.25) is 0 Å². The molecule has 1 saturated heterocycles. The number of nitrogens with one attached hydrogen (secondary N) is 1. The summed E-state index contributed by atoms with van der Waals surface area (Å²) in [5, 5.41) is 12.0. The van der Waals surface area contributed by atoms with Crippen molar-refractivity contribution in [1.82, 2.24) is 10.2 Å². The lowest BCUT2D eigenvalue weighted by molar-refractivity contribution is -0.142. The molecule has 0 bridgehead atoms. The van der Waals surface area contributed by atoms with Crippen molar-refractivity contribution in [3.05, 3.63) is 0 Å². The maximum absolute atomic E-state index is 12.5. The molecule has 4 atom stereocenters. The van der Waals surface area contributed by atoms with E-state index in [2.05, 4.69) is 5.32 Å². The van der Waals surface area contributed by atoms with Gasteiger partial charge in [-0.1, -0.05) is 6.92 Å². The van der Waals surface area contributed by atoms with Crippen LogP contribution in [-0.4, -0.2) is 58.7 Å².